The highest BCUT2D eigenvalue weighted by atomic mass is 16.5. The molecular formula is C15H21NO2. The SMILES string of the molecule is CCC(C)CNCc1cc2cccc(OC)c2o1. The Labute approximate surface area is 108 Å². The van der Waals surface area contributed by atoms with Crippen LogP contribution in [0, 0.1) is 5.92 Å². The van der Waals surface area contributed by atoms with E-state index in [1.807, 2.05) is 18.2 Å². The van der Waals surface area contributed by atoms with Crippen molar-refractivity contribution in [3.8, 4) is 5.75 Å². The van der Waals surface area contributed by atoms with Gasteiger partial charge in [0, 0.05) is 5.39 Å². The molecular weight excluding hydrogens is 226 g/mol. The summed E-state index contributed by atoms with van der Waals surface area (Å²) in [6.45, 7) is 6.24. The van der Waals surface area contributed by atoms with Crippen molar-refractivity contribution in [1.29, 1.82) is 0 Å². The van der Waals surface area contributed by atoms with Gasteiger partial charge in [-0.15, -0.1) is 0 Å². The zero-order valence-corrected chi connectivity index (χ0v) is 11.3. The lowest BCUT2D eigenvalue weighted by molar-refractivity contribution is 0.404. The second-order valence-electron chi connectivity index (χ2n) is 4.74. The maximum Gasteiger partial charge on any atom is 0.176 e. The minimum absolute atomic E-state index is 0.698. The van der Waals surface area contributed by atoms with Gasteiger partial charge in [0.25, 0.3) is 0 Å². The summed E-state index contributed by atoms with van der Waals surface area (Å²) in [5.41, 5.74) is 0.834. The molecule has 0 aliphatic carbocycles. The molecule has 1 unspecified atom stereocenters. The lowest BCUT2D eigenvalue weighted by atomic mass is 10.1. The number of fused-ring (bicyclic) bond motifs is 1. The highest BCUT2D eigenvalue weighted by molar-refractivity contribution is 5.83. The largest absolute Gasteiger partial charge is 0.493 e. The quantitative estimate of drug-likeness (QED) is 0.847. The Morgan fingerprint density at radius 3 is 2.94 bits per heavy atom. The molecule has 0 spiro atoms. The van der Waals surface area contributed by atoms with Crippen LogP contribution in [0.15, 0.2) is 28.7 Å². The fourth-order valence-electron chi connectivity index (χ4n) is 1.92. The van der Waals surface area contributed by atoms with Crippen LogP contribution < -0.4 is 10.1 Å². The topological polar surface area (TPSA) is 34.4 Å². The number of hydrogen-bond donors (Lipinski definition) is 1. The molecule has 0 amide bonds. The Morgan fingerprint density at radius 1 is 1.39 bits per heavy atom. The van der Waals surface area contributed by atoms with Crippen LogP contribution in [0.2, 0.25) is 0 Å². The molecule has 3 nitrogen and oxygen atoms in total. The van der Waals surface area contributed by atoms with E-state index in [1.54, 1.807) is 7.11 Å². The van der Waals surface area contributed by atoms with E-state index in [9.17, 15) is 0 Å². The van der Waals surface area contributed by atoms with Crippen LogP contribution in [0.25, 0.3) is 11.0 Å². The molecule has 1 aromatic carbocycles. The third-order valence-electron chi connectivity index (χ3n) is 3.27. The summed E-state index contributed by atoms with van der Waals surface area (Å²) in [5, 5.41) is 4.51. The van der Waals surface area contributed by atoms with Crippen molar-refractivity contribution in [2.45, 2.75) is 26.8 Å². The molecule has 3 heteroatoms. The summed E-state index contributed by atoms with van der Waals surface area (Å²) < 4.78 is 11.1. The first kappa shape index (κ1) is 13.0. The number of nitrogens with one attached hydrogen (secondary N) is 1. The molecule has 1 aromatic heterocycles. The standard InChI is InChI=1S/C15H21NO2/c1-4-11(2)9-16-10-13-8-12-6-5-7-14(17-3)15(12)18-13/h5-8,11,16H,4,9-10H2,1-3H3. The van der Waals surface area contributed by atoms with Crippen LogP contribution >= 0.6 is 0 Å². The summed E-state index contributed by atoms with van der Waals surface area (Å²) in [5.74, 6) is 2.45. The Hall–Kier alpha value is -1.48. The Kier molecular flexibility index (Phi) is 4.26. The molecule has 0 saturated heterocycles. The van der Waals surface area contributed by atoms with Crippen LogP contribution in [0.1, 0.15) is 26.0 Å². The maximum absolute atomic E-state index is 5.82. The fourth-order valence-corrected chi connectivity index (χ4v) is 1.92. The summed E-state index contributed by atoms with van der Waals surface area (Å²) >= 11 is 0. The zero-order valence-electron chi connectivity index (χ0n) is 11.3. The zero-order chi connectivity index (χ0) is 13.0. The van der Waals surface area contributed by atoms with Crippen molar-refractivity contribution < 1.29 is 9.15 Å². The van der Waals surface area contributed by atoms with Crippen molar-refractivity contribution in [2.75, 3.05) is 13.7 Å². The smallest absolute Gasteiger partial charge is 0.176 e. The first-order valence-electron chi connectivity index (χ1n) is 6.50. The predicted molar refractivity (Wildman–Crippen MR) is 73.9 cm³/mol. The second kappa shape index (κ2) is 5.91. The molecule has 0 aliphatic heterocycles. The van der Waals surface area contributed by atoms with E-state index in [1.165, 1.54) is 6.42 Å². The predicted octanol–water partition coefficient (Wildman–Crippen LogP) is 3.58. The van der Waals surface area contributed by atoms with Crippen molar-refractivity contribution >= 4 is 11.0 Å². The number of rotatable bonds is 6. The van der Waals surface area contributed by atoms with Crippen molar-refractivity contribution in [2.24, 2.45) is 5.92 Å². The second-order valence-corrected chi connectivity index (χ2v) is 4.74. The average molecular weight is 247 g/mol. The van der Waals surface area contributed by atoms with E-state index in [0.717, 1.165) is 35.6 Å². The highest BCUT2D eigenvalue weighted by Gasteiger charge is 2.08. The van der Waals surface area contributed by atoms with E-state index in [0.29, 0.717) is 5.92 Å². The summed E-state index contributed by atoms with van der Waals surface area (Å²) in [4.78, 5) is 0. The van der Waals surface area contributed by atoms with Crippen LogP contribution in [0.4, 0.5) is 0 Å². The summed E-state index contributed by atoms with van der Waals surface area (Å²) in [6, 6.07) is 8.01. The lowest BCUT2D eigenvalue weighted by Gasteiger charge is -2.08. The van der Waals surface area contributed by atoms with Gasteiger partial charge in [0.05, 0.1) is 13.7 Å². The number of furan rings is 1. The number of benzene rings is 1. The van der Waals surface area contributed by atoms with E-state index >= 15 is 0 Å². The van der Waals surface area contributed by atoms with Gasteiger partial charge in [0.15, 0.2) is 11.3 Å². The van der Waals surface area contributed by atoms with Crippen molar-refractivity contribution in [1.82, 2.24) is 5.32 Å². The first-order chi connectivity index (χ1) is 8.74. The van der Waals surface area contributed by atoms with Crippen molar-refractivity contribution in [3.63, 3.8) is 0 Å². The Balaban J connectivity index is 2.06. The number of methoxy groups -OCH3 is 1. The molecule has 2 aromatic rings. The molecule has 98 valence electrons. The molecule has 1 N–H and O–H groups in total. The Bertz CT molecular complexity index is 504. The number of hydrogen-bond acceptors (Lipinski definition) is 3. The van der Waals surface area contributed by atoms with E-state index in [-0.39, 0.29) is 0 Å². The van der Waals surface area contributed by atoms with Crippen LogP contribution in [0.3, 0.4) is 0 Å². The van der Waals surface area contributed by atoms with Gasteiger partial charge in [-0.1, -0.05) is 32.4 Å². The van der Waals surface area contributed by atoms with Gasteiger partial charge in [-0.2, -0.15) is 0 Å². The third kappa shape index (κ3) is 2.85. The first-order valence-corrected chi connectivity index (χ1v) is 6.50. The van der Waals surface area contributed by atoms with Gasteiger partial charge in [-0.05, 0) is 24.6 Å². The average Bonchev–Trinajstić information content (AvgIpc) is 2.80. The van der Waals surface area contributed by atoms with E-state index in [4.69, 9.17) is 9.15 Å². The normalized spacial score (nSPS) is 12.8. The molecule has 0 fully saturated rings. The van der Waals surface area contributed by atoms with Gasteiger partial charge in [-0.3, -0.25) is 0 Å². The van der Waals surface area contributed by atoms with E-state index < -0.39 is 0 Å². The van der Waals surface area contributed by atoms with Crippen molar-refractivity contribution in [3.05, 3.63) is 30.0 Å². The number of ether oxygens (including phenoxy) is 1. The Morgan fingerprint density at radius 2 is 2.22 bits per heavy atom. The van der Waals surface area contributed by atoms with E-state index in [2.05, 4.69) is 25.2 Å². The molecule has 2 rings (SSSR count). The van der Waals surface area contributed by atoms with Gasteiger partial charge < -0.3 is 14.5 Å². The molecule has 1 heterocycles. The maximum atomic E-state index is 5.82. The monoisotopic (exact) mass is 247 g/mol. The minimum Gasteiger partial charge on any atom is -0.493 e. The van der Waals surface area contributed by atoms with Crippen LogP contribution in [-0.4, -0.2) is 13.7 Å². The highest BCUT2D eigenvalue weighted by Crippen LogP contribution is 2.28. The van der Waals surface area contributed by atoms with Gasteiger partial charge >= 0.3 is 0 Å². The fraction of sp³-hybridized carbons (Fsp3) is 0.467. The summed E-state index contributed by atoms with van der Waals surface area (Å²) in [6.07, 6.45) is 1.20. The summed E-state index contributed by atoms with van der Waals surface area (Å²) in [7, 11) is 1.66. The minimum atomic E-state index is 0.698. The van der Waals surface area contributed by atoms with Gasteiger partial charge in [-0.25, -0.2) is 0 Å². The molecule has 0 radical (unpaired) electrons. The lowest BCUT2D eigenvalue weighted by Crippen LogP contribution is -2.19. The van der Waals surface area contributed by atoms with Crippen LogP contribution in [0.5, 0.6) is 5.75 Å². The molecule has 0 saturated carbocycles. The third-order valence-corrected chi connectivity index (χ3v) is 3.27. The van der Waals surface area contributed by atoms with Crippen LogP contribution in [-0.2, 0) is 6.54 Å². The number of para-hydroxylation sites is 1. The molecule has 18 heavy (non-hydrogen) atoms. The molecule has 0 aliphatic rings. The molecule has 0 bridgehead atoms. The molecule has 1 atom stereocenters. The van der Waals surface area contributed by atoms with Gasteiger partial charge in [0.1, 0.15) is 5.76 Å². The van der Waals surface area contributed by atoms with Gasteiger partial charge in [0.2, 0.25) is 0 Å².